The maximum absolute atomic E-state index is 12.6. The van der Waals surface area contributed by atoms with E-state index >= 15 is 0 Å². The second-order valence-electron chi connectivity index (χ2n) is 3.76. The van der Waals surface area contributed by atoms with Gasteiger partial charge >= 0.3 is 6.18 Å². The third kappa shape index (κ3) is 4.21. The molecule has 1 aromatic carbocycles. The zero-order chi connectivity index (χ0) is 14.5. The second-order valence-corrected chi connectivity index (χ2v) is 4.62. The van der Waals surface area contributed by atoms with E-state index < -0.39 is 11.7 Å². The molecule has 3 nitrogen and oxygen atoms in total. The van der Waals surface area contributed by atoms with E-state index in [1.165, 1.54) is 12.1 Å². The maximum atomic E-state index is 12.6. The molecule has 1 aliphatic rings. The normalized spacial score (nSPS) is 15.7. The fraction of sp³-hybridized carbons (Fsp3) is 0.417. The zero-order valence-electron chi connectivity index (χ0n) is 10.0. The van der Waals surface area contributed by atoms with E-state index in [2.05, 4.69) is 15.9 Å². The number of carbonyl (C=O) groups is 1. The minimum absolute atomic E-state index is 0.544. The average molecular weight is 340 g/mol. The molecule has 1 fully saturated rings. The number of ether oxygens (including phenoxy) is 1. The number of carbonyl (C=O) groups excluding carboxylic acids is 1. The van der Waals surface area contributed by atoms with Crippen molar-refractivity contribution in [3.05, 3.63) is 28.2 Å². The molecule has 0 N–H and O–H groups in total. The van der Waals surface area contributed by atoms with Gasteiger partial charge in [0.15, 0.2) is 0 Å². The van der Waals surface area contributed by atoms with Gasteiger partial charge in [0.1, 0.15) is 6.79 Å². The van der Waals surface area contributed by atoms with Crippen molar-refractivity contribution in [1.82, 2.24) is 0 Å². The Morgan fingerprint density at radius 1 is 1.21 bits per heavy atom. The summed E-state index contributed by atoms with van der Waals surface area (Å²) in [5.74, 6) is 0. The number of nitrogens with zero attached hydrogens (tertiary/aromatic N) is 1. The van der Waals surface area contributed by atoms with E-state index in [-0.39, 0.29) is 0 Å². The number of hydrogen-bond donors (Lipinski definition) is 0. The van der Waals surface area contributed by atoms with Crippen LogP contribution in [0.1, 0.15) is 5.56 Å². The van der Waals surface area contributed by atoms with Gasteiger partial charge < -0.3 is 14.4 Å². The summed E-state index contributed by atoms with van der Waals surface area (Å²) in [5.41, 5.74) is -0.0506. The van der Waals surface area contributed by atoms with Crippen molar-refractivity contribution < 1.29 is 22.7 Å². The number of morpholine rings is 1. The summed E-state index contributed by atoms with van der Waals surface area (Å²) in [6, 6.07) is 3.69. The first-order chi connectivity index (χ1) is 8.98. The lowest BCUT2D eigenvalue weighted by Gasteiger charge is -2.30. The van der Waals surface area contributed by atoms with E-state index in [1.807, 2.05) is 11.7 Å². The molecule has 0 saturated carbocycles. The van der Waals surface area contributed by atoms with Crippen molar-refractivity contribution in [3.63, 3.8) is 0 Å². The topological polar surface area (TPSA) is 29.5 Å². The minimum Gasteiger partial charge on any atom is -0.378 e. The summed E-state index contributed by atoms with van der Waals surface area (Å²) < 4.78 is 43.7. The standard InChI is InChI=1S/C11H11BrF3NO.CH2O/c12-9-2-1-8(11(13,14)15)7-10(9)16-3-5-17-6-4-16;1-2/h1-2,7H,3-6H2;1H2. The number of rotatable bonds is 1. The van der Waals surface area contributed by atoms with Crippen molar-refractivity contribution in [3.8, 4) is 0 Å². The Hall–Kier alpha value is -1.08. The van der Waals surface area contributed by atoms with Crippen LogP contribution in [0.25, 0.3) is 0 Å². The molecule has 19 heavy (non-hydrogen) atoms. The van der Waals surface area contributed by atoms with Gasteiger partial charge in [-0.05, 0) is 34.1 Å². The summed E-state index contributed by atoms with van der Waals surface area (Å²) in [5, 5.41) is 0. The number of benzene rings is 1. The first-order valence-electron chi connectivity index (χ1n) is 5.47. The fourth-order valence-corrected chi connectivity index (χ4v) is 2.23. The Kier molecular flexibility index (Phi) is 5.81. The molecule has 2 rings (SSSR count). The van der Waals surface area contributed by atoms with Gasteiger partial charge in [0.05, 0.1) is 24.5 Å². The van der Waals surface area contributed by atoms with Gasteiger partial charge in [-0.1, -0.05) is 0 Å². The highest BCUT2D eigenvalue weighted by Crippen LogP contribution is 2.35. The van der Waals surface area contributed by atoms with E-state index in [9.17, 15) is 13.2 Å². The van der Waals surface area contributed by atoms with E-state index in [0.717, 1.165) is 6.07 Å². The molecule has 0 unspecified atom stereocenters. The number of hydrogen-bond acceptors (Lipinski definition) is 3. The minimum atomic E-state index is -4.30. The van der Waals surface area contributed by atoms with Crippen LogP contribution in [0, 0.1) is 0 Å². The zero-order valence-corrected chi connectivity index (χ0v) is 11.6. The van der Waals surface area contributed by atoms with E-state index in [4.69, 9.17) is 9.53 Å². The van der Waals surface area contributed by atoms with E-state index in [1.54, 1.807) is 0 Å². The van der Waals surface area contributed by atoms with Crippen LogP contribution in [0.2, 0.25) is 0 Å². The molecule has 1 saturated heterocycles. The molecule has 0 amide bonds. The molecule has 1 aliphatic heterocycles. The lowest BCUT2D eigenvalue weighted by Crippen LogP contribution is -2.36. The first-order valence-corrected chi connectivity index (χ1v) is 6.26. The molecule has 7 heteroatoms. The van der Waals surface area contributed by atoms with Crippen LogP contribution in [-0.4, -0.2) is 33.1 Å². The lowest BCUT2D eigenvalue weighted by molar-refractivity contribution is -0.137. The Labute approximate surface area is 117 Å². The second kappa shape index (κ2) is 6.91. The van der Waals surface area contributed by atoms with Gasteiger partial charge in [-0.2, -0.15) is 13.2 Å². The predicted octanol–water partition coefficient (Wildman–Crippen LogP) is 3.12. The van der Waals surface area contributed by atoms with Crippen molar-refractivity contribution >= 4 is 28.4 Å². The smallest absolute Gasteiger partial charge is 0.378 e. The molecule has 0 spiro atoms. The summed E-state index contributed by atoms with van der Waals surface area (Å²) >= 11 is 3.28. The molecular weight excluding hydrogens is 327 g/mol. The Morgan fingerprint density at radius 2 is 1.79 bits per heavy atom. The Balaban J connectivity index is 0.000000861. The molecule has 1 aromatic rings. The third-order valence-electron chi connectivity index (χ3n) is 2.63. The van der Waals surface area contributed by atoms with Gasteiger partial charge in [0.2, 0.25) is 0 Å². The van der Waals surface area contributed by atoms with Gasteiger partial charge in [0, 0.05) is 17.6 Å². The Bertz CT molecular complexity index is 420. The number of anilines is 1. The van der Waals surface area contributed by atoms with Crippen LogP contribution in [-0.2, 0) is 15.7 Å². The molecule has 1 heterocycles. The van der Waals surface area contributed by atoms with Crippen LogP contribution in [0.3, 0.4) is 0 Å². The molecule has 0 aromatic heterocycles. The maximum Gasteiger partial charge on any atom is 0.416 e. The summed E-state index contributed by atoms with van der Waals surface area (Å²) in [7, 11) is 0. The third-order valence-corrected chi connectivity index (χ3v) is 3.30. The summed E-state index contributed by atoms with van der Waals surface area (Å²) in [6.07, 6.45) is -4.30. The first kappa shape index (κ1) is 16.0. The van der Waals surface area contributed by atoms with Crippen LogP contribution < -0.4 is 4.90 Å². The van der Waals surface area contributed by atoms with Gasteiger partial charge in [-0.25, -0.2) is 0 Å². The molecule has 0 radical (unpaired) electrons. The number of alkyl halides is 3. The quantitative estimate of drug-likeness (QED) is 0.787. The largest absolute Gasteiger partial charge is 0.416 e. The highest BCUT2D eigenvalue weighted by atomic mass is 79.9. The average Bonchev–Trinajstić information content (AvgIpc) is 2.41. The van der Waals surface area contributed by atoms with Gasteiger partial charge in [-0.15, -0.1) is 0 Å². The van der Waals surface area contributed by atoms with Crippen LogP contribution in [0.4, 0.5) is 18.9 Å². The Morgan fingerprint density at radius 3 is 2.32 bits per heavy atom. The van der Waals surface area contributed by atoms with Gasteiger partial charge in [0.25, 0.3) is 0 Å². The number of halogens is 4. The van der Waals surface area contributed by atoms with Crippen LogP contribution in [0.5, 0.6) is 0 Å². The SMILES string of the molecule is C=O.FC(F)(F)c1ccc(Br)c(N2CCOCC2)c1. The van der Waals surface area contributed by atoms with Crippen LogP contribution in [0.15, 0.2) is 22.7 Å². The summed E-state index contributed by atoms with van der Waals surface area (Å²) in [6.45, 7) is 4.31. The predicted molar refractivity (Wildman–Crippen MR) is 69.3 cm³/mol. The highest BCUT2D eigenvalue weighted by Gasteiger charge is 2.31. The van der Waals surface area contributed by atoms with Crippen molar-refractivity contribution in [2.75, 3.05) is 31.2 Å². The molecule has 0 atom stereocenters. The fourth-order valence-electron chi connectivity index (χ4n) is 1.74. The monoisotopic (exact) mass is 339 g/mol. The van der Waals surface area contributed by atoms with Crippen molar-refractivity contribution in [2.24, 2.45) is 0 Å². The van der Waals surface area contributed by atoms with Crippen molar-refractivity contribution in [2.45, 2.75) is 6.18 Å². The lowest BCUT2D eigenvalue weighted by atomic mass is 10.1. The van der Waals surface area contributed by atoms with Crippen molar-refractivity contribution in [1.29, 1.82) is 0 Å². The van der Waals surface area contributed by atoms with Gasteiger partial charge in [-0.3, -0.25) is 0 Å². The molecular formula is C12H13BrF3NO2. The molecule has 0 aliphatic carbocycles. The van der Waals surface area contributed by atoms with Crippen LogP contribution >= 0.6 is 15.9 Å². The molecule has 106 valence electrons. The van der Waals surface area contributed by atoms with E-state index in [0.29, 0.717) is 36.5 Å². The highest BCUT2D eigenvalue weighted by molar-refractivity contribution is 9.10. The molecule has 0 bridgehead atoms. The summed E-state index contributed by atoms with van der Waals surface area (Å²) in [4.78, 5) is 9.89.